The van der Waals surface area contributed by atoms with E-state index in [-0.39, 0.29) is 18.9 Å². The number of aliphatic hydroxyl groups excluding tert-OH is 1. The minimum atomic E-state index is -1.09. The molecule has 2 atom stereocenters. The normalized spacial score (nSPS) is 22.4. The van der Waals surface area contributed by atoms with Gasteiger partial charge in [-0.1, -0.05) is 6.07 Å². The summed E-state index contributed by atoms with van der Waals surface area (Å²) in [6.07, 6.45) is 1.02. The Morgan fingerprint density at radius 1 is 1.30 bits per heavy atom. The molecule has 0 saturated carbocycles. The highest BCUT2D eigenvalue weighted by molar-refractivity contribution is 6.07. The average molecular weight is 274 g/mol. The number of H-pyrrole nitrogens is 1. The van der Waals surface area contributed by atoms with E-state index in [4.69, 9.17) is 5.11 Å². The van der Waals surface area contributed by atoms with Crippen molar-refractivity contribution in [3.63, 3.8) is 0 Å². The third-order valence-corrected chi connectivity index (χ3v) is 3.65. The molecule has 0 spiro atoms. The fourth-order valence-corrected chi connectivity index (χ4v) is 2.70. The van der Waals surface area contributed by atoms with Crippen LogP contribution in [0.1, 0.15) is 16.8 Å². The first-order valence-corrected chi connectivity index (χ1v) is 6.36. The number of hydrogen-bond acceptors (Lipinski definition) is 3. The van der Waals surface area contributed by atoms with Crippen LogP contribution in [-0.4, -0.2) is 50.7 Å². The van der Waals surface area contributed by atoms with Gasteiger partial charge in [-0.2, -0.15) is 0 Å². The summed E-state index contributed by atoms with van der Waals surface area (Å²) < 4.78 is 0. The average Bonchev–Trinajstić information content (AvgIpc) is 3.03. The number of aromatic amines is 1. The third kappa shape index (κ3) is 1.94. The predicted octanol–water partition coefficient (Wildman–Crippen LogP) is 0.828. The molecule has 3 rings (SSSR count). The van der Waals surface area contributed by atoms with Crippen LogP contribution >= 0.6 is 0 Å². The summed E-state index contributed by atoms with van der Waals surface area (Å²) in [4.78, 5) is 28.0. The highest BCUT2D eigenvalue weighted by Crippen LogP contribution is 2.24. The van der Waals surface area contributed by atoms with Gasteiger partial charge in [-0.05, 0) is 18.2 Å². The molecule has 104 valence electrons. The summed E-state index contributed by atoms with van der Waals surface area (Å²) in [7, 11) is 0. The largest absolute Gasteiger partial charge is 0.480 e. The molecule has 2 aromatic rings. The summed E-state index contributed by atoms with van der Waals surface area (Å²) in [5, 5.41) is 19.5. The highest BCUT2D eigenvalue weighted by Gasteiger charge is 2.39. The van der Waals surface area contributed by atoms with Crippen molar-refractivity contribution in [3.8, 4) is 0 Å². The lowest BCUT2D eigenvalue weighted by Crippen LogP contribution is -2.40. The minimum Gasteiger partial charge on any atom is -0.480 e. The van der Waals surface area contributed by atoms with E-state index in [1.807, 2.05) is 6.07 Å². The van der Waals surface area contributed by atoms with Crippen molar-refractivity contribution in [2.24, 2.45) is 0 Å². The highest BCUT2D eigenvalue weighted by atomic mass is 16.4. The van der Waals surface area contributed by atoms with Crippen LogP contribution in [0.25, 0.3) is 10.9 Å². The number of carbonyl (C=O) groups excluding carboxylic acids is 1. The first-order chi connectivity index (χ1) is 9.58. The maximum atomic E-state index is 12.6. The van der Waals surface area contributed by atoms with Gasteiger partial charge in [0.15, 0.2) is 0 Å². The molecule has 6 heteroatoms. The Balaban J connectivity index is 2.00. The molecule has 1 aromatic heterocycles. The number of nitrogens with one attached hydrogen (secondary N) is 1. The maximum absolute atomic E-state index is 12.6. The molecule has 0 aliphatic carbocycles. The van der Waals surface area contributed by atoms with Gasteiger partial charge >= 0.3 is 5.97 Å². The van der Waals surface area contributed by atoms with Crippen LogP contribution in [0.2, 0.25) is 0 Å². The van der Waals surface area contributed by atoms with Gasteiger partial charge in [0.05, 0.1) is 6.10 Å². The number of hydrogen-bond donors (Lipinski definition) is 3. The second-order valence-electron chi connectivity index (χ2n) is 4.95. The number of amides is 1. The van der Waals surface area contributed by atoms with E-state index < -0.39 is 18.1 Å². The van der Waals surface area contributed by atoms with Crippen molar-refractivity contribution in [1.82, 2.24) is 9.88 Å². The van der Waals surface area contributed by atoms with E-state index in [2.05, 4.69) is 4.98 Å². The summed E-state index contributed by atoms with van der Waals surface area (Å²) in [6, 6.07) is 6.08. The van der Waals surface area contributed by atoms with E-state index in [9.17, 15) is 14.7 Å². The van der Waals surface area contributed by atoms with E-state index in [0.717, 1.165) is 10.9 Å². The van der Waals surface area contributed by atoms with Gasteiger partial charge in [-0.25, -0.2) is 4.79 Å². The Morgan fingerprint density at radius 3 is 2.85 bits per heavy atom. The number of nitrogens with zero attached hydrogens (tertiary/aromatic N) is 1. The van der Waals surface area contributed by atoms with Gasteiger partial charge in [0.1, 0.15) is 6.04 Å². The Hall–Kier alpha value is -2.34. The van der Waals surface area contributed by atoms with Crippen molar-refractivity contribution < 1.29 is 19.8 Å². The van der Waals surface area contributed by atoms with Crippen molar-refractivity contribution in [1.29, 1.82) is 0 Å². The molecule has 20 heavy (non-hydrogen) atoms. The number of rotatable bonds is 2. The predicted molar refractivity (Wildman–Crippen MR) is 71.4 cm³/mol. The van der Waals surface area contributed by atoms with Gasteiger partial charge in [0, 0.05) is 35.6 Å². The van der Waals surface area contributed by atoms with Gasteiger partial charge < -0.3 is 20.1 Å². The number of carbonyl (C=O) groups is 2. The Morgan fingerprint density at radius 2 is 2.10 bits per heavy atom. The number of β-amino-alcohol motifs (C(OH)–C–C–N with tert-alkyl or cyclic N) is 1. The van der Waals surface area contributed by atoms with E-state index >= 15 is 0 Å². The van der Waals surface area contributed by atoms with E-state index in [0.29, 0.717) is 5.56 Å². The molecule has 1 aliphatic heterocycles. The first kappa shape index (κ1) is 12.7. The molecule has 1 fully saturated rings. The third-order valence-electron chi connectivity index (χ3n) is 3.65. The lowest BCUT2D eigenvalue weighted by Gasteiger charge is -2.21. The molecule has 2 heterocycles. The molecule has 1 amide bonds. The van der Waals surface area contributed by atoms with Crippen molar-refractivity contribution in [2.75, 3.05) is 6.54 Å². The smallest absolute Gasteiger partial charge is 0.326 e. The van der Waals surface area contributed by atoms with Crippen LogP contribution in [-0.2, 0) is 4.79 Å². The summed E-state index contributed by atoms with van der Waals surface area (Å²) in [5.41, 5.74) is 1.27. The van der Waals surface area contributed by atoms with Crippen LogP contribution in [0.15, 0.2) is 30.5 Å². The van der Waals surface area contributed by atoms with E-state index in [1.54, 1.807) is 24.4 Å². The SMILES string of the molecule is O=C(O)C1CC(O)CN1C(=O)c1cccc2[nH]ccc12. The lowest BCUT2D eigenvalue weighted by atomic mass is 10.1. The van der Waals surface area contributed by atoms with Crippen LogP contribution in [0, 0.1) is 0 Å². The number of aliphatic carboxylic acids is 1. The summed E-state index contributed by atoms with van der Waals surface area (Å²) in [5.74, 6) is -1.45. The van der Waals surface area contributed by atoms with Crippen molar-refractivity contribution >= 4 is 22.8 Å². The molecule has 2 unspecified atom stereocenters. The number of aromatic nitrogens is 1. The molecular formula is C14H14N2O4. The molecule has 3 N–H and O–H groups in total. The molecule has 0 radical (unpaired) electrons. The van der Waals surface area contributed by atoms with Crippen LogP contribution in [0.4, 0.5) is 0 Å². The molecular weight excluding hydrogens is 260 g/mol. The fourth-order valence-electron chi connectivity index (χ4n) is 2.70. The molecule has 1 aromatic carbocycles. The van der Waals surface area contributed by atoms with E-state index in [1.165, 1.54) is 4.90 Å². The molecule has 1 aliphatic rings. The number of likely N-dealkylation sites (tertiary alicyclic amines) is 1. The summed E-state index contributed by atoms with van der Waals surface area (Å²) >= 11 is 0. The Bertz CT molecular complexity index is 679. The van der Waals surface area contributed by atoms with Crippen LogP contribution < -0.4 is 0 Å². The Kier molecular flexibility index (Phi) is 2.94. The Labute approximate surface area is 114 Å². The first-order valence-electron chi connectivity index (χ1n) is 6.36. The zero-order valence-corrected chi connectivity index (χ0v) is 10.6. The second kappa shape index (κ2) is 4.64. The van der Waals surface area contributed by atoms with Crippen molar-refractivity contribution in [2.45, 2.75) is 18.6 Å². The molecule has 0 bridgehead atoms. The second-order valence-corrected chi connectivity index (χ2v) is 4.95. The molecule has 1 saturated heterocycles. The number of aliphatic hydroxyl groups is 1. The number of benzene rings is 1. The quantitative estimate of drug-likeness (QED) is 0.756. The maximum Gasteiger partial charge on any atom is 0.326 e. The minimum absolute atomic E-state index is 0.0522. The number of fused-ring (bicyclic) bond motifs is 1. The van der Waals surface area contributed by atoms with Crippen molar-refractivity contribution in [3.05, 3.63) is 36.0 Å². The number of carboxylic acids is 1. The lowest BCUT2D eigenvalue weighted by molar-refractivity contribution is -0.141. The van der Waals surface area contributed by atoms with Crippen LogP contribution in [0.5, 0.6) is 0 Å². The van der Waals surface area contributed by atoms with Gasteiger partial charge in [-0.15, -0.1) is 0 Å². The van der Waals surface area contributed by atoms with Gasteiger partial charge in [-0.3, -0.25) is 4.79 Å². The van der Waals surface area contributed by atoms with Gasteiger partial charge in [0.2, 0.25) is 0 Å². The fraction of sp³-hybridized carbons (Fsp3) is 0.286. The van der Waals surface area contributed by atoms with Crippen LogP contribution in [0.3, 0.4) is 0 Å². The molecule has 6 nitrogen and oxygen atoms in total. The topological polar surface area (TPSA) is 93.6 Å². The standard InChI is InChI=1S/C14H14N2O4/c17-8-6-12(14(19)20)16(7-8)13(18)10-2-1-3-11-9(10)4-5-15-11/h1-5,8,12,15,17H,6-7H2,(H,19,20). The number of carboxylic acid groups (broad SMARTS) is 1. The zero-order chi connectivity index (χ0) is 14.3. The monoisotopic (exact) mass is 274 g/mol. The summed E-state index contributed by atoms with van der Waals surface area (Å²) in [6.45, 7) is 0.0522. The van der Waals surface area contributed by atoms with Gasteiger partial charge in [0.25, 0.3) is 5.91 Å². The zero-order valence-electron chi connectivity index (χ0n) is 10.6.